The van der Waals surface area contributed by atoms with Crippen LogP contribution in [0.1, 0.15) is 28.8 Å². The van der Waals surface area contributed by atoms with Crippen LogP contribution < -0.4 is 9.47 Å². The number of benzene rings is 2. The maximum atomic E-state index is 13.1. The fraction of sp³-hybridized carbons (Fsp3) is 0.286. The molecular formula is C21H22FNO3. The first kappa shape index (κ1) is 18.0. The van der Waals surface area contributed by atoms with E-state index in [2.05, 4.69) is 6.58 Å². The van der Waals surface area contributed by atoms with Gasteiger partial charge >= 0.3 is 0 Å². The molecule has 5 heteroatoms. The third-order valence-electron chi connectivity index (χ3n) is 4.28. The Morgan fingerprint density at radius 2 is 1.96 bits per heavy atom. The molecule has 3 rings (SSSR count). The second-order valence-corrected chi connectivity index (χ2v) is 6.26. The normalized spacial score (nSPS) is 13.2. The third kappa shape index (κ3) is 4.23. The monoisotopic (exact) mass is 355 g/mol. The van der Waals surface area contributed by atoms with Gasteiger partial charge in [0.2, 0.25) is 0 Å². The van der Waals surface area contributed by atoms with E-state index in [0.717, 1.165) is 18.4 Å². The maximum Gasteiger partial charge on any atom is 0.254 e. The van der Waals surface area contributed by atoms with Crippen LogP contribution in [0.25, 0.3) is 0 Å². The number of carbonyl (C=O) groups is 1. The second-order valence-electron chi connectivity index (χ2n) is 6.26. The molecular weight excluding hydrogens is 333 g/mol. The molecule has 0 saturated heterocycles. The highest BCUT2D eigenvalue weighted by Gasteiger charge is 2.33. The summed E-state index contributed by atoms with van der Waals surface area (Å²) in [7, 11) is 1.54. The van der Waals surface area contributed by atoms with Crippen molar-refractivity contribution in [2.75, 3.05) is 13.7 Å². The number of hydrogen-bond donors (Lipinski definition) is 0. The number of methoxy groups -OCH3 is 1. The Labute approximate surface area is 152 Å². The van der Waals surface area contributed by atoms with E-state index in [1.165, 1.54) is 12.1 Å². The zero-order valence-electron chi connectivity index (χ0n) is 14.8. The number of amides is 1. The Balaban J connectivity index is 1.80. The lowest BCUT2D eigenvalue weighted by Crippen LogP contribution is -2.32. The van der Waals surface area contributed by atoms with E-state index in [-0.39, 0.29) is 17.8 Å². The summed E-state index contributed by atoms with van der Waals surface area (Å²) in [4.78, 5) is 14.9. The standard InChI is InChI=1S/C21H22FNO3/c1-3-12-26-19-11-6-16(13-20(19)25-2)21(24)23(18-9-10-18)14-15-4-7-17(22)8-5-15/h3-8,11,13,18H,1,9-10,12,14H2,2H3. The number of hydrogen-bond acceptors (Lipinski definition) is 3. The van der Waals surface area contributed by atoms with Crippen molar-refractivity contribution in [3.05, 3.63) is 72.1 Å². The first-order chi connectivity index (χ1) is 12.6. The minimum absolute atomic E-state index is 0.0644. The van der Waals surface area contributed by atoms with E-state index >= 15 is 0 Å². The molecule has 0 unspecified atom stereocenters. The summed E-state index contributed by atoms with van der Waals surface area (Å²) in [5.41, 5.74) is 1.45. The fourth-order valence-electron chi connectivity index (χ4n) is 2.77. The van der Waals surface area contributed by atoms with E-state index in [0.29, 0.717) is 30.2 Å². The molecule has 0 atom stereocenters. The van der Waals surface area contributed by atoms with Crippen LogP contribution in [0.2, 0.25) is 0 Å². The zero-order valence-corrected chi connectivity index (χ0v) is 14.8. The maximum absolute atomic E-state index is 13.1. The van der Waals surface area contributed by atoms with Crippen LogP contribution in [0, 0.1) is 5.82 Å². The third-order valence-corrected chi connectivity index (χ3v) is 4.28. The van der Waals surface area contributed by atoms with Crippen LogP contribution in [0.5, 0.6) is 11.5 Å². The summed E-state index contributed by atoms with van der Waals surface area (Å²) in [6.07, 6.45) is 3.63. The van der Waals surface area contributed by atoms with Crippen molar-refractivity contribution in [1.82, 2.24) is 4.90 Å². The molecule has 0 heterocycles. The minimum atomic E-state index is -0.280. The first-order valence-electron chi connectivity index (χ1n) is 8.59. The predicted molar refractivity (Wildman–Crippen MR) is 98.0 cm³/mol. The van der Waals surface area contributed by atoms with Crippen LogP contribution in [-0.4, -0.2) is 30.6 Å². The Kier molecular flexibility index (Phi) is 5.56. The molecule has 0 aromatic heterocycles. The van der Waals surface area contributed by atoms with Gasteiger partial charge in [-0.2, -0.15) is 0 Å². The van der Waals surface area contributed by atoms with Gasteiger partial charge < -0.3 is 14.4 Å². The van der Waals surface area contributed by atoms with Gasteiger partial charge in [0.25, 0.3) is 5.91 Å². The van der Waals surface area contributed by atoms with Crippen LogP contribution in [-0.2, 0) is 6.54 Å². The summed E-state index contributed by atoms with van der Waals surface area (Å²) in [5.74, 6) is 0.735. The van der Waals surface area contributed by atoms with Crippen molar-refractivity contribution in [2.45, 2.75) is 25.4 Å². The van der Waals surface area contributed by atoms with Gasteiger partial charge in [-0.1, -0.05) is 24.8 Å². The topological polar surface area (TPSA) is 38.8 Å². The van der Waals surface area contributed by atoms with E-state index in [4.69, 9.17) is 9.47 Å². The lowest BCUT2D eigenvalue weighted by atomic mass is 10.1. The number of carbonyl (C=O) groups excluding carboxylic acids is 1. The number of rotatable bonds is 8. The average Bonchev–Trinajstić information content (AvgIpc) is 3.50. The lowest BCUT2D eigenvalue weighted by molar-refractivity contribution is 0.0729. The van der Waals surface area contributed by atoms with Gasteiger partial charge in [0, 0.05) is 18.2 Å². The molecule has 0 radical (unpaired) electrons. The molecule has 1 amide bonds. The van der Waals surface area contributed by atoms with Crippen LogP contribution in [0.3, 0.4) is 0 Å². The lowest BCUT2D eigenvalue weighted by Gasteiger charge is -2.23. The zero-order chi connectivity index (χ0) is 18.5. The Bertz CT molecular complexity index is 784. The molecule has 136 valence electrons. The number of nitrogens with zero attached hydrogens (tertiary/aromatic N) is 1. The fourth-order valence-corrected chi connectivity index (χ4v) is 2.77. The molecule has 2 aromatic rings. The molecule has 2 aromatic carbocycles. The molecule has 0 aliphatic heterocycles. The van der Waals surface area contributed by atoms with E-state index in [1.807, 2.05) is 4.90 Å². The minimum Gasteiger partial charge on any atom is -0.493 e. The Morgan fingerprint density at radius 1 is 1.23 bits per heavy atom. The molecule has 26 heavy (non-hydrogen) atoms. The SMILES string of the molecule is C=CCOc1ccc(C(=O)N(Cc2ccc(F)cc2)C2CC2)cc1OC. The Hall–Kier alpha value is -2.82. The van der Waals surface area contributed by atoms with Crippen molar-refractivity contribution >= 4 is 5.91 Å². The highest BCUT2D eigenvalue weighted by atomic mass is 19.1. The smallest absolute Gasteiger partial charge is 0.254 e. The first-order valence-corrected chi connectivity index (χ1v) is 8.59. The number of halogens is 1. The molecule has 0 bridgehead atoms. The second kappa shape index (κ2) is 8.04. The summed E-state index contributed by atoms with van der Waals surface area (Å²) >= 11 is 0. The summed E-state index contributed by atoms with van der Waals surface area (Å²) in [6.45, 7) is 4.44. The average molecular weight is 355 g/mol. The van der Waals surface area contributed by atoms with Crippen LogP contribution >= 0.6 is 0 Å². The van der Waals surface area contributed by atoms with Gasteiger partial charge in [-0.3, -0.25) is 4.79 Å². The summed E-state index contributed by atoms with van der Waals surface area (Å²) < 4.78 is 24.0. The predicted octanol–water partition coefficient (Wildman–Crippen LogP) is 4.20. The molecule has 1 saturated carbocycles. The molecule has 1 fully saturated rings. The molecule has 0 N–H and O–H groups in total. The molecule has 4 nitrogen and oxygen atoms in total. The van der Waals surface area contributed by atoms with Crippen molar-refractivity contribution in [1.29, 1.82) is 0 Å². The van der Waals surface area contributed by atoms with Gasteiger partial charge in [0.05, 0.1) is 7.11 Å². The number of ether oxygens (including phenoxy) is 2. The van der Waals surface area contributed by atoms with Gasteiger partial charge in [0.15, 0.2) is 11.5 Å². The van der Waals surface area contributed by atoms with Crippen LogP contribution in [0.4, 0.5) is 4.39 Å². The quantitative estimate of drug-likeness (QED) is 0.666. The van der Waals surface area contributed by atoms with Gasteiger partial charge in [-0.25, -0.2) is 4.39 Å². The summed E-state index contributed by atoms with van der Waals surface area (Å²) in [5, 5.41) is 0. The van der Waals surface area contributed by atoms with Crippen molar-refractivity contribution in [2.24, 2.45) is 0 Å². The van der Waals surface area contributed by atoms with Crippen molar-refractivity contribution < 1.29 is 18.7 Å². The van der Waals surface area contributed by atoms with Crippen molar-refractivity contribution in [3.8, 4) is 11.5 Å². The van der Waals surface area contributed by atoms with E-state index < -0.39 is 0 Å². The van der Waals surface area contributed by atoms with E-state index in [9.17, 15) is 9.18 Å². The van der Waals surface area contributed by atoms with Gasteiger partial charge in [-0.05, 0) is 48.7 Å². The van der Waals surface area contributed by atoms with Gasteiger partial charge in [-0.15, -0.1) is 0 Å². The highest BCUT2D eigenvalue weighted by Crippen LogP contribution is 2.33. The molecule has 1 aliphatic rings. The Morgan fingerprint density at radius 3 is 2.58 bits per heavy atom. The van der Waals surface area contributed by atoms with Crippen LogP contribution in [0.15, 0.2) is 55.1 Å². The molecule has 0 spiro atoms. The highest BCUT2D eigenvalue weighted by molar-refractivity contribution is 5.95. The molecule has 1 aliphatic carbocycles. The van der Waals surface area contributed by atoms with Gasteiger partial charge in [0.1, 0.15) is 12.4 Å². The van der Waals surface area contributed by atoms with E-state index in [1.54, 1.807) is 43.5 Å². The largest absolute Gasteiger partial charge is 0.493 e. The summed E-state index contributed by atoms with van der Waals surface area (Å²) in [6, 6.07) is 11.7. The van der Waals surface area contributed by atoms with Crippen molar-refractivity contribution in [3.63, 3.8) is 0 Å².